The fourth-order valence-electron chi connectivity index (χ4n) is 1.87. The lowest BCUT2D eigenvalue weighted by Gasteiger charge is -2.32. The number of likely N-dealkylation sites (N-methyl/N-ethyl adjacent to an activating group) is 1. The van der Waals surface area contributed by atoms with E-state index >= 15 is 0 Å². The van der Waals surface area contributed by atoms with E-state index in [1.807, 2.05) is 13.8 Å². The van der Waals surface area contributed by atoms with Crippen LogP contribution in [0.25, 0.3) is 0 Å². The second-order valence-electron chi connectivity index (χ2n) is 4.28. The summed E-state index contributed by atoms with van der Waals surface area (Å²) in [5, 5.41) is 3.37. The quantitative estimate of drug-likeness (QED) is 0.776. The number of hydrogen-bond donors (Lipinski definition) is 1. The molecule has 1 aliphatic heterocycles. The number of piperidine rings is 1. The normalized spacial score (nSPS) is 21.9. The average molecular weight is 214 g/mol. The van der Waals surface area contributed by atoms with Gasteiger partial charge in [-0.3, -0.25) is 0 Å². The number of hydrogen-bond acceptors (Lipinski definition) is 3. The molecule has 4 heteroatoms. The average Bonchev–Trinajstić information content (AvgIpc) is 2.17. The Kier molecular flexibility index (Phi) is 4.88. The molecule has 1 saturated heterocycles. The van der Waals surface area contributed by atoms with Crippen molar-refractivity contribution in [2.75, 3.05) is 19.6 Å². The third kappa shape index (κ3) is 4.08. The van der Waals surface area contributed by atoms with Gasteiger partial charge in [-0.05, 0) is 33.2 Å². The summed E-state index contributed by atoms with van der Waals surface area (Å²) in [5.74, 6) is 0. The maximum atomic E-state index is 11.6. The van der Waals surface area contributed by atoms with Gasteiger partial charge >= 0.3 is 6.09 Å². The summed E-state index contributed by atoms with van der Waals surface area (Å²) in [5.41, 5.74) is 0. The molecular weight excluding hydrogens is 192 g/mol. The molecule has 0 aromatic heterocycles. The predicted molar refractivity (Wildman–Crippen MR) is 59.9 cm³/mol. The smallest absolute Gasteiger partial charge is 0.410 e. The first kappa shape index (κ1) is 12.3. The van der Waals surface area contributed by atoms with Gasteiger partial charge in [-0.1, -0.05) is 6.92 Å². The van der Waals surface area contributed by atoms with Gasteiger partial charge in [0.25, 0.3) is 0 Å². The molecule has 1 heterocycles. The summed E-state index contributed by atoms with van der Waals surface area (Å²) in [7, 11) is 0. The molecule has 1 rings (SSSR count). The fourth-order valence-corrected chi connectivity index (χ4v) is 1.87. The Hall–Kier alpha value is -0.770. The van der Waals surface area contributed by atoms with Crippen LogP contribution in [0.15, 0.2) is 0 Å². The first-order valence-corrected chi connectivity index (χ1v) is 5.82. The van der Waals surface area contributed by atoms with Crippen molar-refractivity contribution in [3.05, 3.63) is 0 Å². The summed E-state index contributed by atoms with van der Waals surface area (Å²) < 4.78 is 5.18. The molecule has 0 aromatic rings. The Morgan fingerprint density at radius 3 is 2.93 bits per heavy atom. The van der Waals surface area contributed by atoms with E-state index in [4.69, 9.17) is 4.74 Å². The van der Waals surface area contributed by atoms with Gasteiger partial charge in [0.1, 0.15) is 0 Å². The van der Waals surface area contributed by atoms with Crippen LogP contribution in [0.3, 0.4) is 0 Å². The van der Waals surface area contributed by atoms with Crippen LogP contribution >= 0.6 is 0 Å². The standard InChI is InChI=1S/C11H22N2O2/c1-4-12-10-6-5-7-13(8-10)11(14)15-9(2)3/h9-10,12H,4-8H2,1-3H3. The Bertz CT molecular complexity index is 205. The Balaban J connectivity index is 2.38. The van der Waals surface area contributed by atoms with Gasteiger partial charge in [-0.25, -0.2) is 4.79 Å². The molecule has 1 amide bonds. The summed E-state index contributed by atoms with van der Waals surface area (Å²) in [6.45, 7) is 8.41. The predicted octanol–water partition coefficient (Wildman–Crippen LogP) is 1.61. The zero-order valence-electron chi connectivity index (χ0n) is 9.95. The largest absolute Gasteiger partial charge is 0.447 e. The van der Waals surface area contributed by atoms with Crippen LogP contribution in [-0.2, 0) is 4.74 Å². The van der Waals surface area contributed by atoms with E-state index in [2.05, 4.69) is 12.2 Å². The van der Waals surface area contributed by atoms with E-state index in [-0.39, 0.29) is 12.2 Å². The molecule has 1 aliphatic rings. The van der Waals surface area contributed by atoms with Crippen molar-refractivity contribution in [2.45, 2.75) is 45.8 Å². The highest BCUT2D eigenvalue weighted by Gasteiger charge is 2.24. The monoisotopic (exact) mass is 214 g/mol. The van der Waals surface area contributed by atoms with E-state index in [1.54, 1.807) is 4.90 Å². The van der Waals surface area contributed by atoms with Crippen LogP contribution in [0.2, 0.25) is 0 Å². The third-order valence-electron chi connectivity index (χ3n) is 2.51. The molecular formula is C11H22N2O2. The summed E-state index contributed by atoms with van der Waals surface area (Å²) in [4.78, 5) is 13.4. The second-order valence-corrected chi connectivity index (χ2v) is 4.28. The number of nitrogens with zero attached hydrogens (tertiary/aromatic N) is 1. The minimum Gasteiger partial charge on any atom is -0.447 e. The molecule has 1 unspecified atom stereocenters. The summed E-state index contributed by atoms with van der Waals surface area (Å²) >= 11 is 0. The molecule has 4 nitrogen and oxygen atoms in total. The van der Waals surface area contributed by atoms with Crippen LogP contribution in [0.5, 0.6) is 0 Å². The molecule has 0 aromatic carbocycles. The third-order valence-corrected chi connectivity index (χ3v) is 2.51. The number of carbonyl (C=O) groups is 1. The molecule has 0 spiro atoms. The molecule has 1 fully saturated rings. The van der Waals surface area contributed by atoms with E-state index in [0.717, 1.165) is 32.5 Å². The van der Waals surface area contributed by atoms with Gasteiger partial charge in [-0.15, -0.1) is 0 Å². The van der Waals surface area contributed by atoms with Crippen molar-refractivity contribution in [3.63, 3.8) is 0 Å². The van der Waals surface area contributed by atoms with Crippen molar-refractivity contribution >= 4 is 6.09 Å². The van der Waals surface area contributed by atoms with Crippen LogP contribution in [0.1, 0.15) is 33.6 Å². The van der Waals surface area contributed by atoms with Crippen LogP contribution in [0.4, 0.5) is 4.79 Å². The van der Waals surface area contributed by atoms with E-state index in [9.17, 15) is 4.79 Å². The number of nitrogens with one attached hydrogen (secondary N) is 1. The van der Waals surface area contributed by atoms with Gasteiger partial charge in [0.05, 0.1) is 6.10 Å². The van der Waals surface area contributed by atoms with Crippen molar-refractivity contribution < 1.29 is 9.53 Å². The molecule has 0 saturated carbocycles. The first-order chi connectivity index (χ1) is 7.13. The molecule has 0 aliphatic carbocycles. The zero-order valence-corrected chi connectivity index (χ0v) is 9.95. The highest BCUT2D eigenvalue weighted by molar-refractivity contribution is 5.67. The van der Waals surface area contributed by atoms with E-state index in [1.165, 1.54) is 0 Å². The van der Waals surface area contributed by atoms with Crippen LogP contribution in [-0.4, -0.2) is 42.8 Å². The maximum Gasteiger partial charge on any atom is 0.410 e. The number of rotatable bonds is 3. The lowest BCUT2D eigenvalue weighted by Crippen LogP contribution is -2.48. The van der Waals surface area contributed by atoms with Gasteiger partial charge in [0.2, 0.25) is 0 Å². The molecule has 88 valence electrons. The lowest BCUT2D eigenvalue weighted by molar-refractivity contribution is 0.0663. The van der Waals surface area contributed by atoms with Crippen molar-refractivity contribution in [1.29, 1.82) is 0 Å². The highest BCUT2D eigenvalue weighted by Crippen LogP contribution is 2.11. The Labute approximate surface area is 92.0 Å². The van der Waals surface area contributed by atoms with Crippen LogP contribution < -0.4 is 5.32 Å². The highest BCUT2D eigenvalue weighted by atomic mass is 16.6. The van der Waals surface area contributed by atoms with Gasteiger partial charge in [-0.2, -0.15) is 0 Å². The van der Waals surface area contributed by atoms with Crippen LogP contribution in [0, 0.1) is 0 Å². The molecule has 0 radical (unpaired) electrons. The SMILES string of the molecule is CCNC1CCCN(C(=O)OC(C)C)C1. The van der Waals surface area contributed by atoms with Crippen molar-refractivity contribution in [1.82, 2.24) is 10.2 Å². The maximum absolute atomic E-state index is 11.6. The summed E-state index contributed by atoms with van der Waals surface area (Å²) in [6, 6.07) is 0.434. The van der Waals surface area contributed by atoms with Crippen molar-refractivity contribution in [3.8, 4) is 0 Å². The van der Waals surface area contributed by atoms with Gasteiger partial charge in [0.15, 0.2) is 0 Å². The Morgan fingerprint density at radius 2 is 2.33 bits per heavy atom. The number of amides is 1. The molecule has 1 atom stereocenters. The minimum absolute atomic E-state index is 0.0305. The first-order valence-electron chi connectivity index (χ1n) is 5.82. The van der Waals surface area contributed by atoms with Crippen molar-refractivity contribution in [2.24, 2.45) is 0 Å². The van der Waals surface area contributed by atoms with E-state index in [0.29, 0.717) is 6.04 Å². The number of ether oxygens (including phenoxy) is 1. The summed E-state index contributed by atoms with van der Waals surface area (Å²) in [6.07, 6.45) is 2.01. The minimum atomic E-state index is -0.174. The van der Waals surface area contributed by atoms with Gasteiger partial charge < -0.3 is 15.0 Å². The zero-order chi connectivity index (χ0) is 11.3. The molecule has 0 bridgehead atoms. The number of likely N-dealkylation sites (tertiary alicyclic amines) is 1. The fraction of sp³-hybridized carbons (Fsp3) is 0.909. The Morgan fingerprint density at radius 1 is 1.60 bits per heavy atom. The number of carbonyl (C=O) groups excluding carboxylic acids is 1. The van der Waals surface area contributed by atoms with E-state index < -0.39 is 0 Å². The molecule has 15 heavy (non-hydrogen) atoms. The molecule has 1 N–H and O–H groups in total. The van der Waals surface area contributed by atoms with Gasteiger partial charge in [0, 0.05) is 19.1 Å². The second kappa shape index (κ2) is 5.95. The lowest BCUT2D eigenvalue weighted by atomic mass is 10.1. The topological polar surface area (TPSA) is 41.6 Å².